The van der Waals surface area contributed by atoms with Crippen LogP contribution in [-0.2, 0) is 9.53 Å². The van der Waals surface area contributed by atoms with Gasteiger partial charge in [-0.1, -0.05) is 37.6 Å². The van der Waals surface area contributed by atoms with Crippen molar-refractivity contribution in [3.8, 4) is 0 Å². The predicted molar refractivity (Wildman–Crippen MR) is 115 cm³/mol. The molecule has 3 heteroatoms. The van der Waals surface area contributed by atoms with Crippen LogP contribution < -0.4 is 0 Å². The molecule has 154 valence electrons. The van der Waals surface area contributed by atoms with E-state index in [0.717, 1.165) is 37.0 Å². The van der Waals surface area contributed by atoms with E-state index >= 15 is 0 Å². The molecule has 29 heavy (non-hydrogen) atoms. The number of nitrogens with zero attached hydrogens (tertiary/aromatic N) is 1. The molecule has 2 fully saturated rings. The lowest BCUT2D eigenvalue weighted by Gasteiger charge is -2.57. The number of hydrogen-bond acceptors (Lipinski definition) is 3. The van der Waals surface area contributed by atoms with Crippen LogP contribution in [0.5, 0.6) is 0 Å². The Morgan fingerprint density at radius 3 is 2.66 bits per heavy atom. The van der Waals surface area contributed by atoms with Crippen LogP contribution >= 0.6 is 0 Å². The molecule has 0 N–H and O–H groups in total. The van der Waals surface area contributed by atoms with Crippen molar-refractivity contribution in [1.29, 1.82) is 0 Å². The Morgan fingerprint density at radius 2 is 1.90 bits per heavy atom. The standard InChI is InChI=1S/C26H33NO2/c1-17(28)29-19-11-13-25(2)18(16-19)7-8-20-21-9-10-23(24-6-4-5-15-27-24)26(21,3)14-12-22(20)25/h4-7,10,15,19-22H,8-9,11-14,16H2,1-3H3/t19-,20?,21?,22?,25-,26-/m0/s1. The number of carbonyl (C=O) groups excluding carboxylic acids is 1. The Kier molecular flexibility index (Phi) is 4.49. The highest BCUT2D eigenvalue weighted by atomic mass is 16.5. The highest BCUT2D eigenvalue weighted by Crippen LogP contribution is 2.66. The number of fused-ring (bicyclic) bond motifs is 5. The van der Waals surface area contributed by atoms with Gasteiger partial charge in [0, 0.05) is 19.5 Å². The molecule has 3 unspecified atom stereocenters. The Balaban J connectivity index is 1.41. The summed E-state index contributed by atoms with van der Waals surface area (Å²) in [6, 6.07) is 6.31. The third-order valence-corrected chi connectivity index (χ3v) is 8.91. The van der Waals surface area contributed by atoms with Gasteiger partial charge in [-0.3, -0.25) is 9.78 Å². The number of hydrogen-bond donors (Lipinski definition) is 0. The molecule has 1 aromatic heterocycles. The summed E-state index contributed by atoms with van der Waals surface area (Å²) in [5.74, 6) is 2.10. The SMILES string of the molecule is CC(=O)O[C@H]1CC[C@@]2(C)C(=CCC3C2CC[C@]2(C)C(c4ccccn4)=CCC32)C1. The lowest BCUT2D eigenvalue weighted by molar-refractivity contribution is -0.148. The summed E-state index contributed by atoms with van der Waals surface area (Å²) in [5.41, 5.74) is 4.77. The minimum atomic E-state index is -0.139. The van der Waals surface area contributed by atoms with E-state index in [1.165, 1.54) is 43.9 Å². The van der Waals surface area contributed by atoms with Gasteiger partial charge in [-0.2, -0.15) is 0 Å². The molecule has 0 radical (unpaired) electrons. The second kappa shape index (κ2) is 6.82. The Bertz CT molecular complexity index is 872. The summed E-state index contributed by atoms with van der Waals surface area (Å²) in [7, 11) is 0. The summed E-state index contributed by atoms with van der Waals surface area (Å²) >= 11 is 0. The second-order valence-electron chi connectivity index (χ2n) is 10.3. The average molecular weight is 392 g/mol. The third-order valence-electron chi connectivity index (χ3n) is 8.91. The Morgan fingerprint density at radius 1 is 1.07 bits per heavy atom. The van der Waals surface area contributed by atoms with Crippen LogP contribution in [0.25, 0.3) is 5.57 Å². The molecule has 1 aromatic rings. The minimum absolute atomic E-state index is 0.0844. The van der Waals surface area contributed by atoms with Gasteiger partial charge in [0.05, 0.1) is 5.69 Å². The lowest BCUT2D eigenvalue weighted by atomic mass is 9.47. The van der Waals surface area contributed by atoms with E-state index < -0.39 is 0 Å². The maximum atomic E-state index is 11.4. The summed E-state index contributed by atoms with van der Waals surface area (Å²) in [5, 5.41) is 0. The van der Waals surface area contributed by atoms with Crippen LogP contribution in [-0.4, -0.2) is 17.1 Å². The fourth-order valence-electron chi connectivity index (χ4n) is 7.45. The minimum Gasteiger partial charge on any atom is -0.462 e. The molecule has 4 aliphatic rings. The second-order valence-corrected chi connectivity index (χ2v) is 10.3. The zero-order valence-electron chi connectivity index (χ0n) is 18.0. The number of esters is 1. The topological polar surface area (TPSA) is 39.2 Å². The van der Waals surface area contributed by atoms with Crippen molar-refractivity contribution in [2.45, 2.75) is 71.8 Å². The summed E-state index contributed by atoms with van der Waals surface area (Å²) in [4.78, 5) is 16.1. The van der Waals surface area contributed by atoms with Gasteiger partial charge in [0.2, 0.25) is 0 Å². The van der Waals surface area contributed by atoms with Gasteiger partial charge in [0.15, 0.2) is 0 Å². The number of ether oxygens (including phenoxy) is 1. The predicted octanol–water partition coefficient (Wildman–Crippen LogP) is 5.97. The largest absolute Gasteiger partial charge is 0.462 e. The average Bonchev–Trinajstić information content (AvgIpc) is 3.06. The molecule has 3 nitrogen and oxygen atoms in total. The Labute approximate surface area is 174 Å². The zero-order valence-corrected chi connectivity index (χ0v) is 18.0. The molecule has 1 heterocycles. The van der Waals surface area contributed by atoms with Crippen molar-refractivity contribution in [2.75, 3.05) is 0 Å². The summed E-state index contributed by atoms with van der Waals surface area (Å²) in [6.07, 6.45) is 15.1. The van der Waals surface area contributed by atoms with Crippen LogP contribution in [0, 0.1) is 28.6 Å². The first-order valence-electron chi connectivity index (χ1n) is 11.4. The van der Waals surface area contributed by atoms with E-state index in [1.54, 1.807) is 5.57 Å². The molecule has 0 aliphatic heterocycles. The normalized spacial score (nSPS) is 40.8. The molecular formula is C26H33NO2. The highest BCUT2D eigenvalue weighted by molar-refractivity contribution is 5.70. The maximum Gasteiger partial charge on any atom is 0.302 e. The van der Waals surface area contributed by atoms with E-state index in [9.17, 15) is 4.79 Å². The van der Waals surface area contributed by atoms with Crippen LogP contribution in [0.2, 0.25) is 0 Å². The van der Waals surface area contributed by atoms with Crippen LogP contribution in [0.4, 0.5) is 0 Å². The third kappa shape index (κ3) is 2.92. The van der Waals surface area contributed by atoms with Crippen LogP contribution in [0.3, 0.4) is 0 Å². The highest BCUT2D eigenvalue weighted by Gasteiger charge is 2.57. The molecule has 0 saturated heterocycles. The van der Waals surface area contributed by atoms with Gasteiger partial charge in [-0.25, -0.2) is 0 Å². The van der Waals surface area contributed by atoms with Gasteiger partial charge in [-0.15, -0.1) is 0 Å². The maximum absolute atomic E-state index is 11.4. The van der Waals surface area contributed by atoms with Crippen molar-refractivity contribution < 1.29 is 9.53 Å². The van der Waals surface area contributed by atoms with Crippen LogP contribution in [0.15, 0.2) is 42.1 Å². The van der Waals surface area contributed by atoms with E-state index in [-0.39, 0.29) is 22.9 Å². The molecule has 0 bridgehead atoms. The fourth-order valence-corrected chi connectivity index (χ4v) is 7.45. The van der Waals surface area contributed by atoms with Gasteiger partial charge in [-0.05, 0) is 84.8 Å². The molecule has 4 aliphatic carbocycles. The van der Waals surface area contributed by atoms with Crippen molar-refractivity contribution >= 4 is 11.5 Å². The smallest absolute Gasteiger partial charge is 0.302 e. The first kappa shape index (κ1) is 19.1. The van der Waals surface area contributed by atoms with Gasteiger partial charge < -0.3 is 4.74 Å². The fraction of sp³-hybridized carbons (Fsp3) is 0.615. The van der Waals surface area contributed by atoms with E-state index in [1.807, 2.05) is 12.3 Å². The summed E-state index contributed by atoms with van der Waals surface area (Å²) < 4.78 is 5.57. The first-order chi connectivity index (χ1) is 13.9. The van der Waals surface area contributed by atoms with E-state index in [2.05, 4.69) is 38.1 Å². The van der Waals surface area contributed by atoms with Crippen molar-refractivity contribution in [3.05, 3.63) is 47.8 Å². The van der Waals surface area contributed by atoms with Crippen molar-refractivity contribution in [3.63, 3.8) is 0 Å². The van der Waals surface area contributed by atoms with E-state index in [4.69, 9.17) is 9.72 Å². The first-order valence-corrected chi connectivity index (χ1v) is 11.4. The van der Waals surface area contributed by atoms with E-state index in [0.29, 0.717) is 0 Å². The molecule has 5 rings (SSSR count). The number of rotatable bonds is 2. The molecular weight excluding hydrogens is 358 g/mol. The number of carbonyl (C=O) groups is 1. The van der Waals surface area contributed by atoms with Gasteiger partial charge in [0.25, 0.3) is 0 Å². The molecule has 6 atom stereocenters. The monoisotopic (exact) mass is 391 g/mol. The van der Waals surface area contributed by atoms with Gasteiger partial charge >= 0.3 is 5.97 Å². The molecule has 0 spiro atoms. The molecule has 0 aromatic carbocycles. The quantitative estimate of drug-likeness (QED) is 0.460. The van der Waals surface area contributed by atoms with Crippen LogP contribution in [0.1, 0.15) is 71.4 Å². The molecule has 2 saturated carbocycles. The number of allylic oxidation sites excluding steroid dienone is 3. The number of aromatic nitrogens is 1. The number of pyridine rings is 1. The zero-order chi connectivity index (χ0) is 20.2. The summed E-state index contributed by atoms with van der Waals surface area (Å²) in [6.45, 7) is 6.54. The van der Waals surface area contributed by atoms with Gasteiger partial charge in [0.1, 0.15) is 6.10 Å². The van der Waals surface area contributed by atoms with Crippen molar-refractivity contribution in [1.82, 2.24) is 4.98 Å². The lowest BCUT2D eigenvalue weighted by Crippen LogP contribution is -2.50. The Hall–Kier alpha value is -1.90. The van der Waals surface area contributed by atoms with Crippen molar-refractivity contribution in [2.24, 2.45) is 28.6 Å². The molecule has 0 amide bonds.